The molecule has 3 atom stereocenters. The molecule has 0 spiro atoms. The average molecular weight is 220 g/mol. The van der Waals surface area contributed by atoms with Crippen molar-refractivity contribution in [2.75, 3.05) is 5.32 Å². The van der Waals surface area contributed by atoms with Crippen LogP contribution in [0.2, 0.25) is 0 Å². The smallest absolute Gasteiger partial charge is 0.248 e. The van der Waals surface area contributed by atoms with Gasteiger partial charge in [-0.15, -0.1) is 5.10 Å². The van der Waals surface area contributed by atoms with Crippen LogP contribution in [0.15, 0.2) is 0 Å². The number of hydrogen-bond donors (Lipinski definition) is 2. The van der Waals surface area contributed by atoms with E-state index in [1.165, 1.54) is 19.3 Å². The molecule has 1 amide bonds. The van der Waals surface area contributed by atoms with E-state index in [1.807, 2.05) is 6.92 Å². The highest BCUT2D eigenvalue weighted by Crippen LogP contribution is 2.48. The Hall–Kier alpha value is -1.39. The quantitative estimate of drug-likeness (QED) is 0.793. The second kappa shape index (κ2) is 3.57. The number of fused-ring (bicyclic) bond motifs is 2. The summed E-state index contributed by atoms with van der Waals surface area (Å²) in [6.07, 6.45) is 4.83. The van der Waals surface area contributed by atoms with Crippen molar-refractivity contribution in [3.63, 3.8) is 0 Å². The Morgan fingerprint density at radius 2 is 2.31 bits per heavy atom. The zero-order chi connectivity index (χ0) is 11.1. The molecule has 5 nitrogen and oxygen atoms in total. The molecule has 1 aromatic heterocycles. The maximum atomic E-state index is 12.0. The third-order valence-corrected chi connectivity index (χ3v) is 3.91. The van der Waals surface area contributed by atoms with Crippen molar-refractivity contribution in [2.24, 2.45) is 17.8 Å². The molecule has 5 heteroatoms. The number of aromatic amines is 1. The summed E-state index contributed by atoms with van der Waals surface area (Å²) in [6.45, 7) is 1.82. The molecule has 0 radical (unpaired) electrons. The summed E-state index contributed by atoms with van der Waals surface area (Å²) in [6, 6.07) is 0. The molecule has 3 rings (SSSR count). The maximum absolute atomic E-state index is 12.0. The van der Waals surface area contributed by atoms with Gasteiger partial charge in [-0.2, -0.15) is 4.98 Å². The van der Waals surface area contributed by atoms with Crippen molar-refractivity contribution in [3.8, 4) is 0 Å². The van der Waals surface area contributed by atoms with Crippen LogP contribution < -0.4 is 5.32 Å². The highest BCUT2D eigenvalue weighted by atomic mass is 16.2. The highest BCUT2D eigenvalue weighted by Gasteiger charge is 2.43. The number of anilines is 1. The Balaban J connectivity index is 1.65. The van der Waals surface area contributed by atoms with Crippen molar-refractivity contribution in [1.29, 1.82) is 0 Å². The predicted molar refractivity (Wildman–Crippen MR) is 58.7 cm³/mol. The van der Waals surface area contributed by atoms with E-state index in [4.69, 9.17) is 0 Å². The number of rotatable bonds is 2. The van der Waals surface area contributed by atoms with Crippen molar-refractivity contribution in [2.45, 2.75) is 32.6 Å². The first-order chi connectivity index (χ1) is 7.72. The van der Waals surface area contributed by atoms with Gasteiger partial charge in [0.2, 0.25) is 11.9 Å². The fraction of sp³-hybridized carbons (Fsp3) is 0.727. The fourth-order valence-electron chi connectivity index (χ4n) is 3.17. The first-order valence-corrected chi connectivity index (χ1v) is 5.92. The Morgan fingerprint density at radius 1 is 1.44 bits per heavy atom. The van der Waals surface area contributed by atoms with Gasteiger partial charge in [0.05, 0.1) is 0 Å². The van der Waals surface area contributed by atoms with Crippen LogP contribution in [0.4, 0.5) is 5.95 Å². The molecular weight excluding hydrogens is 204 g/mol. The van der Waals surface area contributed by atoms with Gasteiger partial charge in [-0.05, 0) is 38.0 Å². The van der Waals surface area contributed by atoms with Gasteiger partial charge >= 0.3 is 0 Å². The van der Waals surface area contributed by atoms with Crippen LogP contribution in [0.3, 0.4) is 0 Å². The van der Waals surface area contributed by atoms with Crippen LogP contribution in [0.5, 0.6) is 0 Å². The van der Waals surface area contributed by atoms with Crippen LogP contribution in [0.25, 0.3) is 0 Å². The second-order valence-electron chi connectivity index (χ2n) is 5.02. The van der Waals surface area contributed by atoms with Gasteiger partial charge in [0, 0.05) is 5.92 Å². The first-order valence-electron chi connectivity index (χ1n) is 5.92. The summed E-state index contributed by atoms with van der Waals surface area (Å²) in [4.78, 5) is 16.1. The zero-order valence-electron chi connectivity index (χ0n) is 9.36. The standard InChI is InChI=1S/C11H16N4O/c1-6-12-11(15-14-6)13-10(16)9-5-7-2-3-8(9)4-7/h7-9H,2-5H2,1H3,(H2,12,13,14,15,16). The molecular formula is C11H16N4O. The van der Waals surface area contributed by atoms with E-state index < -0.39 is 0 Å². The summed E-state index contributed by atoms with van der Waals surface area (Å²) >= 11 is 0. The number of aromatic nitrogens is 3. The summed E-state index contributed by atoms with van der Waals surface area (Å²) in [5.74, 6) is 2.82. The zero-order valence-corrected chi connectivity index (χ0v) is 9.36. The summed E-state index contributed by atoms with van der Waals surface area (Å²) in [5, 5.41) is 9.44. The number of aryl methyl sites for hydroxylation is 1. The van der Waals surface area contributed by atoms with Crippen molar-refractivity contribution in [3.05, 3.63) is 5.82 Å². The van der Waals surface area contributed by atoms with Gasteiger partial charge in [-0.1, -0.05) is 6.42 Å². The molecule has 2 saturated carbocycles. The van der Waals surface area contributed by atoms with E-state index in [9.17, 15) is 4.79 Å². The molecule has 0 saturated heterocycles. The molecule has 2 aliphatic carbocycles. The lowest BCUT2D eigenvalue weighted by Gasteiger charge is -2.19. The number of nitrogens with zero attached hydrogens (tertiary/aromatic N) is 2. The van der Waals surface area contributed by atoms with Gasteiger partial charge in [0.25, 0.3) is 0 Å². The molecule has 1 aromatic rings. The van der Waals surface area contributed by atoms with E-state index >= 15 is 0 Å². The molecule has 86 valence electrons. The molecule has 3 unspecified atom stereocenters. The van der Waals surface area contributed by atoms with E-state index in [0.717, 1.165) is 18.2 Å². The lowest BCUT2D eigenvalue weighted by atomic mass is 9.88. The van der Waals surface area contributed by atoms with E-state index in [-0.39, 0.29) is 11.8 Å². The van der Waals surface area contributed by atoms with E-state index in [2.05, 4.69) is 20.5 Å². The average Bonchev–Trinajstić information content (AvgIpc) is 2.93. The largest absolute Gasteiger partial charge is 0.293 e. The van der Waals surface area contributed by atoms with Crippen molar-refractivity contribution < 1.29 is 4.79 Å². The minimum Gasteiger partial charge on any atom is -0.293 e. The van der Waals surface area contributed by atoms with Crippen LogP contribution >= 0.6 is 0 Å². The summed E-state index contributed by atoms with van der Waals surface area (Å²) < 4.78 is 0. The molecule has 0 aromatic carbocycles. The lowest BCUT2D eigenvalue weighted by Crippen LogP contribution is -2.27. The molecule has 2 aliphatic rings. The third kappa shape index (κ3) is 1.60. The topological polar surface area (TPSA) is 70.7 Å². The van der Waals surface area contributed by atoms with Crippen LogP contribution in [0.1, 0.15) is 31.5 Å². The van der Waals surface area contributed by atoms with E-state index in [0.29, 0.717) is 11.9 Å². The van der Waals surface area contributed by atoms with Gasteiger partial charge in [-0.25, -0.2) is 0 Å². The van der Waals surface area contributed by atoms with Gasteiger partial charge in [0.1, 0.15) is 5.82 Å². The third-order valence-electron chi connectivity index (χ3n) is 3.91. The SMILES string of the molecule is Cc1nc(NC(=O)C2CC3CCC2C3)n[nH]1. The van der Waals surface area contributed by atoms with Gasteiger partial charge in [0.15, 0.2) is 0 Å². The number of amides is 1. The minimum absolute atomic E-state index is 0.103. The fourth-order valence-corrected chi connectivity index (χ4v) is 3.17. The monoisotopic (exact) mass is 220 g/mol. The molecule has 1 heterocycles. The van der Waals surface area contributed by atoms with E-state index in [1.54, 1.807) is 0 Å². The van der Waals surface area contributed by atoms with Crippen molar-refractivity contribution in [1.82, 2.24) is 15.2 Å². The normalized spacial score (nSPS) is 31.9. The maximum Gasteiger partial charge on any atom is 0.248 e. The molecule has 16 heavy (non-hydrogen) atoms. The Bertz CT molecular complexity index is 414. The molecule has 2 N–H and O–H groups in total. The molecule has 2 bridgehead atoms. The molecule has 0 aliphatic heterocycles. The Morgan fingerprint density at radius 3 is 2.88 bits per heavy atom. The summed E-state index contributed by atoms with van der Waals surface area (Å²) in [5.41, 5.74) is 0. The van der Waals surface area contributed by atoms with Crippen LogP contribution in [-0.4, -0.2) is 21.1 Å². The number of hydrogen-bond acceptors (Lipinski definition) is 3. The second-order valence-corrected chi connectivity index (χ2v) is 5.02. The number of nitrogens with one attached hydrogen (secondary N) is 2. The number of H-pyrrole nitrogens is 1. The Kier molecular flexibility index (Phi) is 2.19. The number of carbonyl (C=O) groups is 1. The van der Waals surface area contributed by atoms with Crippen molar-refractivity contribution >= 4 is 11.9 Å². The predicted octanol–water partition coefficient (Wildman–Crippen LogP) is 1.49. The summed E-state index contributed by atoms with van der Waals surface area (Å²) in [7, 11) is 0. The number of carbonyl (C=O) groups excluding carboxylic acids is 1. The van der Waals surface area contributed by atoms with Crippen LogP contribution in [-0.2, 0) is 4.79 Å². The first kappa shape index (κ1) is 9.81. The Labute approximate surface area is 94.0 Å². The van der Waals surface area contributed by atoms with Gasteiger partial charge in [-0.3, -0.25) is 15.2 Å². The minimum atomic E-state index is 0.103. The highest BCUT2D eigenvalue weighted by molar-refractivity contribution is 5.91. The van der Waals surface area contributed by atoms with Gasteiger partial charge < -0.3 is 0 Å². The lowest BCUT2D eigenvalue weighted by molar-refractivity contribution is -0.121. The van der Waals surface area contributed by atoms with Crippen LogP contribution in [0, 0.1) is 24.7 Å². The molecule has 2 fully saturated rings.